The summed E-state index contributed by atoms with van der Waals surface area (Å²) in [6, 6.07) is 0.443. The molecule has 1 aliphatic carbocycles. The second-order valence-corrected chi connectivity index (χ2v) is 8.98. The predicted octanol–water partition coefficient (Wildman–Crippen LogP) is 3.83. The highest BCUT2D eigenvalue weighted by molar-refractivity contribution is 6.10. The zero-order chi connectivity index (χ0) is 21.4. The number of oxime groups is 1. The Morgan fingerprint density at radius 1 is 1.26 bits per heavy atom. The second-order valence-electron chi connectivity index (χ2n) is 8.98. The fourth-order valence-electron chi connectivity index (χ4n) is 5.12. The number of pyridine rings is 1. The van der Waals surface area contributed by atoms with Crippen molar-refractivity contribution in [2.75, 3.05) is 18.4 Å². The fourth-order valence-corrected chi connectivity index (χ4v) is 5.12. The van der Waals surface area contributed by atoms with Gasteiger partial charge in [0.05, 0.1) is 23.0 Å². The van der Waals surface area contributed by atoms with E-state index in [0.717, 1.165) is 34.5 Å². The first-order valence-corrected chi connectivity index (χ1v) is 11.4. The molecule has 0 unspecified atom stereocenters. The van der Waals surface area contributed by atoms with Gasteiger partial charge in [0, 0.05) is 56.7 Å². The van der Waals surface area contributed by atoms with Gasteiger partial charge in [-0.15, -0.1) is 0 Å². The second kappa shape index (κ2) is 8.01. The molecule has 0 atom stereocenters. The molecule has 166 valence electrons. The lowest BCUT2D eigenvalue weighted by atomic mass is 9.85. The summed E-state index contributed by atoms with van der Waals surface area (Å²) in [6.45, 7) is 3.79. The number of nitrogens with one attached hydrogen (secondary N) is 1. The van der Waals surface area contributed by atoms with Gasteiger partial charge >= 0.3 is 6.09 Å². The Kier molecular flexibility index (Phi) is 5.19. The Morgan fingerprint density at radius 2 is 2.03 bits per heavy atom. The lowest BCUT2D eigenvalue weighted by molar-refractivity contribution is -0.0576. The molecule has 1 saturated carbocycles. The van der Waals surface area contributed by atoms with Gasteiger partial charge in [0.1, 0.15) is 5.60 Å². The number of anilines is 1. The summed E-state index contributed by atoms with van der Waals surface area (Å²) in [5.41, 5.74) is 3.39. The van der Waals surface area contributed by atoms with Gasteiger partial charge in [-0.2, -0.15) is 5.10 Å². The SMILES string of the molecule is CCn1ncc2c(NC3CCCCC3)c(C3=NOC4(CCN(C(=O)O)CC4)C3)cnc21. The van der Waals surface area contributed by atoms with Crippen LogP contribution in [0.25, 0.3) is 11.0 Å². The van der Waals surface area contributed by atoms with E-state index >= 15 is 0 Å². The number of carbonyl (C=O) groups is 1. The number of likely N-dealkylation sites (tertiary alicyclic amines) is 1. The minimum absolute atomic E-state index is 0.411. The molecule has 31 heavy (non-hydrogen) atoms. The van der Waals surface area contributed by atoms with Crippen LogP contribution in [-0.4, -0.2) is 61.3 Å². The maximum Gasteiger partial charge on any atom is 0.407 e. The highest BCUT2D eigenvalue weighted by atomic mass is 16.7. The Morgan fingerprint density at radius 3 is 2.74 bits per heavy atom. The highest BCUT2D eigenvalue weighted by Gasteiger charge is 2.43. The molecular weight excluding hydrogens is 396 g/mol. The van der Waals surface area contributed by atoms with Crippen LogP contribution in [0.3, 0.4) is 0 Å². The van der Waals surface area contributed by atoms with E-state index in [0.29, 0.717) is 38.4 Å². The van der Waals surface area contributed by atoms with Gasteiger partial charge in [0.25, 0.3) is 0 Å². The molecular formula is C22H30N6O3. The van der Waals surface area contributed by atoms with E-state index < -0.39 is 11.7 Å². The Bertz CT molecular complexity index is 1000. The van der Waals surface area contributed by atoms with Crippen LogP contribution in [-0.2, 0) is 11.4 Å². The molecule has 0 radical (unpaired) electrons. The summed E-state index contributed by atoms with van der Waals surface area (Å²) in [6.07, 6.45) is 11.1. The number of nitrogens with zero attached hydrogens (tertiary/aromatic N) is 5. The van der Waals surface area contributed by atoms with Crippen molar-refractivity contribution in [2.24, 2.45) is 5.16 Å². The summed E-state index contributed by atoms with van der Waals surface area (Å²) in [4.78, 5) is 23.4. The molecule has 2 N–H and O–H groups in total. The molecule has 4 heterocycles. The van der Waals surface area contributed by atoms with Crippen molar-refractivity contribution < 1.29 is 14.7 Å². The van der Waals surface area contributed by atoms with E-state index in [-0.39, 0.29) is 0 Å². The number of aryl methyl sites for hydroxylation is 1. The molecule has 9 nitrogen and oxygen atoms in total. The van der Waals surface area contributed by atoms with E-state index in [2.05, 4.69) is 22.5 Å². The topological polar surface area (TPSA) is 105 Å². The normalized spacial score (nSPS) is 21.3. The standard InChI is InChI=1S/C22H30N6O3/c1-2-28-20-17(14-24-28)19(25-15-6-4-3-5-7-15)16(13-23-20)18-12-22(31-26-18)8-10-27(11-9-22)21(29)30/h13-15H,2-12H2,1H3,(H,23,25)(H,29,30). The van der Waals surface area contributed by atoms with Crippen LogP contribution in [0.15, 0.2) is 17.5 Å². The average molecular weight is 427 g/mol. The Hall–Kier alpha value is -2.84. The number of aromatic nitrogens is 3. The van der Waals surface area contributed by atoms with Gasteiger partial charge < -0.3 is 20.2 Å². The number of rotatable bonds is 4. The molecule has 1 amide bonds. The Balaban J connectivity index is 1.44. The minimum atomic E-state index is -0.865. The summed E-state index contributed by atoms with van der Waals surface area (Å²) < 4.78 is 1.92. The third kappa shape index (κ3) is 3.70. The number of fused-ring (bicyclic) bond motifs is 1. The van der Waals surface area contributed by atoms with E-state index in [1.807, 2.05) is 17.1 Å². The third-order valence-electron chi connectivity index (χ3n) is 7.01. The monoisotopic (exact) mass is 426 g/mol. The van der Waals surface area contributed by atoms with Crippen LogP contribution in [0.1, 0.15) is 63.9 Å². The van der Waals surface area contributed by atoms with Crippen LogP contribution in [0.5, 0.6) is 0 Å². The lowest BCUT2D eigenvalue weighted by Crippen LogP contribution is -2.46. The maximum atomic E-state index is 11.3. The van der Waals surface area contributed by atoms with Gasteiger partial charge in [-0.1, -0.05) is 24.4 Å². The van der Waals surface area contributed by atoms with Crippen LogP contribution < -0.4 is 5.32 Å². The molecule has 0 bridgehead atoms. The van der Waals surface area contributed by atoms with E-state index in [9.17, 15) is 9.90 Å². The van der Waals surface area contributed by atoms with Crippen LogP contribution in [0.2, 0.25) is 0 Å². The van der Waals surface area contributed by atoms with Crippen molar-refractivity contribution in [2.45, 2.75) is 76.5 Å². The van der Waals surface area contributed by atoms with Crippen LogP contribution in [0.4, 0.5) is 10.5 Å². The van der Waals surface area contributed by atoms with Gasteiger partial charge in [-0.05, 0) is 19.8 Å². The zero-order valence-corrected chi connectivity index (χ0v) is 18.0. The van der Waals surface area contributed by atoms with Crippen LogP contribution in [0, 0.1) is 0 Å². The fraction of sp³-hybridized carbons (Fsp3) is 0.636. The molecule has 2 aliphatic heterocycles. The molecule has 3 aliphatic rings. The van der Waals surface area contributed by atoms with Crippen molar-refractivity contribution in [3.63, 3.8) is 0 Å². The van der Waals surface area contributed by atoms with Gasteiger partial charge in [0.15, 0.2) is 5.65 Å². The molecule has 1 saturated heterocycles. The van der Waals surface area contributed by atoms with E-state index in [4.69, 9.17) is 9.82 Å². The molecule has 5 rings (SSSR count). The lowest BCUT2D eigenvalue weighted by Gasteiger charge is -2.35. The third-order valence-corrected chi connectivity index (χ3v) is 7.01. The summed E-state index contributed by atoms with van der Waals surface area (Å²) in [5.74, 6) is 0. The minimum Gasteiger partial charge on any atom is -0.465 e. The summed E-state index contributed by atoms with van der Waals surface area (Å²) in [7, 11) is 0. The van der Waals surface area contributed by atoms with Crippen molar-refractivity contribution in [1.29, 1.82) is 0 Å². The van der Waals surface area contributed by atoms with Gasteiger partial charge in [-0.25, -0.2) is 14.5 Å². The first kappa shape index (κ1) is 20.1. The van der Waals surface area contributed by atoms with Crippen LogP contribution >= 0.6 is 0 Å². The molecule has 2 aromatic heterocycles. The number of hydrogen-bond donors (Lipinski definition) is 2. The quantitative estimate of drug-likeness (QED) is 0.770. The number of piperidine rings is 1. The first-order chi connectivity index (χ1) is 15.1. The number of carboxylic acid groups (broad SMARTS) is 1. The average Bonchev–Trinajstić information content (AvgIpc) is 3.39. The summed E-state index contributed by atoms with van der Waals surface area (Å²) >= 11 is 0. The Labute approximate surface area is 181 Å². The highest BCUT2D eigenvalue weighted by Crippen LogP contribution is 2.39. The van der Waals surface area contributed by atoms with E-state index in [1.165, 1.54) is 37.0 Å². The molecule has 1 spiro atoms. The smallest absolute Gasteiger partial charge is 0.407 e. The molecule has 2 aromatic rings. The van der Waals surface area contributed by atoms with Gasteiger partial charge in [-0.3, -0.25) is 0 Å². The van der Waals surface area contributed by atoms with E-state index in [1.54, 1.807) is 0 Å². The largest absolute Gasteiger partial charge is 0.465 e. The summed E-state index contributed by atoms with van der Waals surface area (Å²) in [5, 5.41) is 23.1. The molecule has 9 heteroatoms. The number of amides is 1. The van der Waals surface area contributed by atoms with Gasteiger partial charge in [0.2, 0.25) is 0 Å². The van der Waals surface area contributed by atoms with Crippen molar-refractivity contribution in [1.82, 2.24) is 19.7 Å². The maximum absolute atomic E-state index is 11.3. The molecule has 2 fully saturated rings. The molecule has 0 aromatic carbocycles. The van der Waals surface area contributed by atoms with Crippen molar-refractivity contribution in [3.05, 3.63) is 18.0 Å². The zero-order valence-electron chi connectivity index (χ0n) is 18.0. The van der Waals surface area contributed by atoms with Crippen molar-refractivity contribution >= 4 is 28.5 Å². The predicted molar refractivity (Wildman–Crippen MR) is 117 cm³/mol. The van der Waals surface area contributed by atoms with Crippen molar-refractivity contribution in [3.8, 4) is 0 Å². The first-order valence-electron chi connectivity index (χ1n) is 11.4. The number of hydrogen-bond acceptors (Lipinski definition) is 6.